The Labute approximate surface area is 101 Å². The standard InChI is InChI=1S/C11H20N4O2/c1-15(2)6-3-9-13-10(17-14-9)11(12)4-7-16-8-5-11/h3-8,12H2,1-2H3. The van der Waals surface area contributed by atoms with Crippen LogP contribution in [0.25, 0.3) is 0 Å². The molecule has 0 bridgehead atoms. The van der Waals surface area contributed by atoms with Crippen LogP contribution in [-0.4, -0.2) is 48.9 Å². The summed E-state index contributed by atoms with van der Waals surface area (Å²) in [5, 5.41) is 3.97. The van der Waals surface area contributed by atoms with E-state index in [4.69, 9.17) is 15.0 Å². The van der Waals surface area contributed by atoms with Crippen molar-refractivity contribution in [3.8, 4) is 0 Å². The lowest BCUT2D eigenvalue weighted by Gasteiger charge is -2.29. The van der Waals surface area contributed by atoms with Gasteiger partial charge in [0.25, 0.3) is 0 Å². The summed E-state index contributed by atoms with van der Waals surface area (Å²) in [4.78, 5) is 6.48. The number of nitrogens with two attached hydrogens (primary N) is 1. The lowest BCUT2D eigenvalue weighted by molar-refractivity contribution is 0.0400. The van der Waals surface area contributed by atoms with Crippen LogP contribution >= 0.6 is 0 Å². The van der Waals surface area contributed by atoms with Crippen molar-refractivity contribution in [2.24, 2.45) is 5.73 Å². The van der Waals surface area contributed by atoms with Crippen molar-refractivity contribution in [1.29, 1.82) is 0 Å². The molecular weight excluding hydrogens is 220 g/mol. The maximum absolute atomic E-state index is 6.26. The minimum absolute atomic E-state index is 0.498. The Morgan fingerprint density at radius 3 is 2.71 bits per heavy atom. The minimum atomic E-state index is -0.498. The third-order valence-corrected chi connectivity index (χ3v) is 3.06. The highest BCUT2D eigenvalue weighted by Gasteiger charge is 2.35. The SMILES string of the molecule is CN(C)CCc1noc(C2(N)CCOCC2)n1. The molecule has 0 aromatic carbocycles. The summed E-state index contributed by atoms with van der Waals surface area (Å²) in [6.07, 6.45) is 2.26. The van der Waals surface area contributed by atoms with Gasteiger partial charge in [-0.15, -0.1) is 0 Å². The molecule has 1 aliphatic heterocycles. The van der Waals surface area contributed by atoms with Gasteiger partial charge in [0, 0.05) is 26.2 Å². The summed E-state index contributed by atoms with van der Waals surface area (Å²) in [7, 11) is 4.04. The van der Waals surface area contributed by atoms with Crippen LogP contribution in [0.2, 0.25) is 0 Å². The number of aromatic nitrogens is 2. The third kappa shape index (κ3) is 3.02. The summed E-state index contributed by atoms with van der Waals surface area (Å²) in [6.45, 7) is 2.22. The second-order valence-corrected chi connectivity index (χ2v) is 4.84. The molecule has 0 atom stereocenters. The highest BCUT2D eigenvalue weighted by molar-refractivity contribution is 5.03. The molecule has 0 radical (unpaired) electrons. The summed E-state index contributed by atoms with van der Waals surface area (Å²) in [5.74, 6) is 1.28. The van der Waals surface area contributed by atoms with Gasteiger partial charge in [0.15, 0.2) is 5.82 Å². The Balaban J connectivity index is 2.01. The van der Waals surface area contributed by atoms with Crippen molar-refractivity contribution in [1.82, 2.24) is 15.0 Å². The van der Waals surface area contributed by atoms with Gasteiger partial charge in [-0.1, -0.05) is 5.16 Å². The van der Waals surface area contributed by atoms with E-state index in [9.17, 15) is 0 Å². The normalized spacial score (nSPS) is 19.8. The van der Waals surface area contributed by atoms with Gasteiger partial charge in [-0.3, -0.25) is 0 Å². The number of ether oxygens (including phenoxy) is 1. The smallest absolute Gasteiger partial charge is 0.246 e. The van der Waals surface area contributed by atoms with Crippen LogP contribution in [0.5, 0.6) is 0 Å². The van der Waals surface area contributed by atoms with Crippen molar-refractivity contribution >= 4 is 0 Å². The number of likely N-dealkylation sites (N-methyl/N-ethyl adjacent to an activating group) is 1. The molecule has 0 aliphatic carbocycles. The van der Waals surface area contributed by atoms with Gasteiger partial charge in [-0.05, 0) is 26.9 Å². The second kappa shape index (κ2) is 5.12. The van der Waals surface area contributed by atoms with Gasteiger partial charge >= 0.3 is 0 Å². The summed E-state index contributed by atoms with van der Waals surface area (Å²) >= 11 is 0. The largest absolute Gasteiger partial charge is 0.381 e. The van der Waals surface area contributed by atoms with E-state index in [1.54, 1.807) is 0 Å². The Hall–Kier alpha value is -0.980. The van der Waals surface area contributed by atoms with Gasteiger partial charge in [-0.2, -0.15) is 4.98 Å². The maximum atomic E-state index is 6.26. The Morgan fingerprint density at radius 2 is 2.06 bits per heavy atom. The van der Waals surface area contributed by atoms with Gasteiger partial charge in [0.2, 0.25) is 5.89 Å². The van der Waals surface area contributed by atoms with Crippen molar-refractivity contribution in [3.05, 3.63) is 11.7 Å². The van der Waals surface area contributed by atoms with Crippen LogP contribution in [0.4, 0.5) is 0 Å². The molecule has 2 N–H and O–H groups in total. The van der Waals surface area contributed by atoms with Crippen molar-refractivity contribution in [2.75, 3.05) is 33.9 Å². The van der Waals surface area contributed by atoms with Gasteiger partial charge in [0.05, 0.1) is 0 Å². The topological polar surface area (TPSA) is 77.4 Å². The number of rotatable bonds is 4. The lowest BCUT2D eigenvalue weighted by Crippen LogP contribution is -2.42. The monoisotopic (exact) mass is 240 g/mol. The molecule has 6 nitrogen and oxygen atoms in total. The van der Waals surface area contributed by atoms with Gasteiger partial charge in [0.1, 0.15) is 5.54 Å². The first kappa shape index (κ1) is 12.5. The van der Waals surface area contributed by atoms with Crippen molar-refractivity contribution < 1.29 is 9.26 Å². The highest BCUT2D eigenvalue weighted by Crippen LogP contribution is 2.27. The molecule has 1 aromatic heterocycles. The van der Waals surface area contributed by atoms with E-state index in [-0.39, 0.29) is 0 Å². The quantitative estimate of drug-likeness (QED) is 0.806. The molecule has 1 aromatic rings. The van der Waals surface area contributed by atoms with Gasteiger partial charge in [-0.25, -0.2) is 0 Å². The summed E-state index contributed by atoms with van der Waals surface area (Å²) in [5.41, 5.74) is 5.76. The van der Waals surface area contributed by atoms with E-state index in [2.05, 4.69) is 15.0 Å². The van der Waals surface area contributed by atoms with E-state index >= 15 is 0 Å². The molecule has 0 spiro atoms. The Bertz CT molecular complexity index is 358. The zero-order valence-corrected chi connectivity index (χ0v) is 10.5. The predicted octanol–water partition coefficient (Wildman–Crippen LogP) is 0.138. The van der Waals surface area contributed by atoms with Crippen LogP contribution in [0.15, 0.2) is 4.52 Å². The van der Waals surface area contributed by atoms with Gasteiger partial charge < -0.3 is 19.9 Å². The van der Waals surface area contributed by atoms with Crippen molar-refractivity contribution in [2.45, 2.75) is 24.8 Å². The number of nitrogens with zero attached hydrogens (tertiary/aromatic N) is 3. The van der Waals surface area contributed by atoms with Crippen molar-refractivity contribution in [3.63, 3.8) is 0 Å². The lowest BCUT2D eigenvalue weighted by atomic mass is 9.91. The first-order valence-corrected chi connectivity index (χ1v) is 5.94. The van der Waals surface area contributed by atoms with E-state index < -0.39 is 5.54 Å². The molecule has 1 saturated heterocycles. The number of hydrogen-bond donors (Lipinski definition) is 1. The predicted molar refractivity (Wildman–Crippen MR) is 62.5 cm³/mol. The molecule has 17 heavy (non-hydrogen) atoms. The average Bonchev–Trinajstić information content (AvgIpc) is 2.76. The molecule has 96 valence electrons. The summed E-state index contributed by atoms with van der Waals surface area (Å²) in [6, 6.07) is 0. The number of hydrogen-bond acceptors (Lipinski definition) is 6. The Morgan fingerprint density at radius 1 is 1.35 bits per heavy atom. The molecule has 2 rings (SSSR count). The van der Waals surface area contributed by atoms with Crippen LogP contribution in [0, 0.1) is 0 Å². The Kier molecular flexibility index (Phi) is 3.76. The molecule has 0 unspecified atom stereocenters. The first-order chi connectivity index (χ1) is 8.10. The molecule has 1 fully saturated rings. The highest BCUT2D eigenvalue weighted by atomic mass is 16.5. The maximum Gasteiger partial charge on any atom is 0.246 e. The average molecular weight is 240 g/mol. The molecular formula is C11H20N4O2. The van der Waals surface area contributed by atoms with Crippen LogP contribution < -0.4 is 5.73 Å². The zero-order valence-electron chi connectivity index (χ0n) is 10.5. The molecule has 6 heteroatoms. The molecule has 0 amide bonds. The van der Waals surface area contributed by atoms with E-state index in [1.165, 1.54) is 0 Å². The first-order valence-electron chi connectivity index (χ1n) is 5.94. The minimum Gasteiger partial charge on any atom is -0.381 e. The molecule has 0 saturated carbocycles. The second-order valence-electron chi connectivity index (χ2n) is 4.84. The fourth-order valence-electron chi connectivity index (χ4n) is 1.83. The van der Waals surface area contributed by atoms with E-state index in [0.29, 0.717) is 19.1 Å². The van der Waals surface area contributed by atoms with Crippen LogP contribution in [0.3, 0.4) is 0 Å². The van der Waals surface area contributed by atoms with E-state index in [0.717, 1.165) is 31.6 Å². The van der Waals surface area contributed by atoms with Crippen LogP contribution in [-0.2, 0) is 16.7 Å². The van der Waals surface area contributed by atoms with Crippen LogP contribution in [0.1, 0.15) is 24.6 Å². The van der Waals surface area contributed by atoms with E-state index in [1.807, 2.05) is 14.1 Å². The zero-order chi connectivity index (χ0) is 12.3. The third-order valence-electron chi connectivity index (χ3n) is 3.06. The molecule has 1 aliphatic rings. The fraction of sp³-hybridized carbons (Fsp3) is 0.818. The molecule has 2 heterocycles. The fourth-order valence-corrected chi connectivity index (χ4v) is 1.83. The summed E-state index contributed by atoms with van der Waals surface area (Å²) < 4.78 is 10.6.